The number of anilines is 1. The van der Waals surface area contributed by atoms with Gasteiger partial charge < -0.3 is 9.47 Å². The number of para-hydroxylation sites is 1. The van der Waals surface area contributed by atoms with Crippen molar-refractivity contribution in [2.24, 2.45) is 0 Å². The lowest BCUT2D eigenvalue weighted by Gasteiger charge is -2.17. The highest BCUT2D eigenvalue weighted by Crippen LogP contribution is 2.38. The molecular weight excluding hydrogens is 445 g/mol. The van der Waals surface area contributed by atoms with Crippen molar-refractivity contribution in [3.05, 3.63) is 59.4 Å². The molecule has 32 heavy (non-hydrogen) atoms. The maximum atomic E-state index is 13.9. The van der Waals surface area contributed by atoms with Crippen LogP contribution in [0.4, 0.5) is 18.3 Å². The second-order valence-corrected chi connectivity index (χ2v) is 8.07. The molecule has 7 nitrogen and oxygen atoms in total. The first-order valence-electron chi connectivity index (χ1n) is 9.54. The summed E-state index contributed by atoms with van der Waals surface area (Å²) in [6, 6.07) is 9.91. The minimum absolute atomic E-state index is 0.157. The van der Waals surface area contributed by atoms with E-state index in [-0.39, 0.29) is 10.8 Å². The molecule has 1 amide bonds. The molecule has 1 N–H and O–H groups in total. The number of carbonyl (C=O) groups is 1. The number of ether oxygens (including phenoxy) is 2. The summed E-state index contributed by atoms with van der Waals surface area (Å²) in [4.78, 5) is 17.1. The molecule has 5 rings (SSSR count). The van der Waals surface area contributed by atoms with Gasteiger partial charge in [-0.25, -0.2) is 9.67 Å². The zero-order chi connectivity index (χ0) is 22.5. The molecule has 0 aliphatic carbocycles. The molecule has 1 aliphatic rings. The molecule has 4 aromatic rings. The number of thiazole rings is 1. The predicted molar refractivity (Wildman–Crippen MR) is 112 cm³/mol. The first kappa shape index (κ1) is 20.3. The van der Waals surface area contributed by atoms with Gasteiger partial charge in [0.05, 0.1) is 27.7 Å². The van der Waals surface area contributed by atoms with Gasteiger partial charge in [0, 0.05) is 12.1 Å². The predicted octanol–water partition coefficient (Wildman–Crippen LogP) is 4.83. The van der Waals surface area contributed by atoms with Crippen molar-refractivity contribution in [3.63, 3.8) is 0 Å². The molecule has 1 aliphatic heterocycles. The first-order chi connectivity index (χ1) is 15.3. The second kappa shape index (κ2) is 7.52. The van der Waals surface area contributed by atoms with Crippen molar-refractivity contribution in [3.8, 4) is 17.2 Å². The molecule has 3 heterocycles. The number of rotatable bonds is 3. The summed E-state index contributed by atoms with van der Waals surface area (Å²) >= 11 is 1.13. The highest BCUT2D eigenvalue weighted by molar-refractivity contribution is 7.22. The van der Waals surface area contributed by atoms with Gasteiger partial charge in [0.15, 0.2) is 22.3 Å². The van der Waals surface area contributed by atoms with Crippen molar-refractivity contribution >= 4 is 32.6 Å². The number of benzene rings is 2. The molecule has 0 saturated heterocycles. The van der Waals surface area contributed by atoms with Crippen LogP contribution < -0.4 is 14.8 Å². The molecule has 0 atom stereocenters. The Morgan fingerprint density at radius 2 is 1.88 bits per heavy atom. The minimum atomic E-state index is -4.80. The third kappa shape index (κ3) is 3.54. The van der Waals surface area contributed by atoms with E-state index in [4.69, 9.17) is 9.47 Å². The molecule has 2 aromatic carbocycles. The highest BCUT2D eigenvalue weighted by atomic mass is 32.1. The van der Waals surface area contributed by atoms with Gasteiger partial charge in [0.1, 0.15) is 13.2 Å². The number of nitrogens with one attached hydrogen (secondary N) is 1. The third-order valence-electron chi connectivity index (χ3n) is 4.90. The van der Waals surface area contributed by atoms with Crippen LogP contribution in [0.5, 0.6) is 11.5 Å². The standard InChI is InChI=1S/C21H15F3N4O3S/c1-11-4-2-3-5-14(11)28-18(21(22,23)24)12(10-25-28)19(29)27-20-26-13-8-15-16(9-17(13)32-20)31-7-6-30-15/h2-5,8-10H,6-7H2,1H3,(H,26,27,29). The lowest BCUT2D eigenvalue weighted by atomic mass is 10.2. The van der Waals surface area contributed by atoms with E-state index in [1.807, 2.05) is 0 Å². The van der Waals surface area contributed by atoms with E-state index < -0.39 is 23.3 Å². The monoisotopic (exact) mass is 460 g/mol. The molecule has 0 fully saturated rings. The Kier molecular flexibility index (Phi) is 4.77. The van der Waals surface area contributed by atoms with Crippen molar-refractivity contribution < 1.29 is 27.4 Å². The van der Waals surface area contributed by atoms with Crippen molar-refractivity contribution in [2.45, 2.75) is 13.1 Å². The Morgan fingerprint density at radius 1 is 1.16 bits per heavy atom. The Morgan fingerprint density at radius 3 is 2.59 bits per heavy atom. The van der Waals surface area contributed by atoms with Crippen LogP contribution in [0.25, 0.3) is 15.9 Å². The summed E-state index contributed by atoms with van der Waals surface area (Å²) in [6.07, 6.45) is -3.88. The van der Waals surface area contributed by atoms with E-state index in [1.165, 1.54) is 6.07 Å². The number of aryl methyl sites for hydroxylation is 1. The quantitative estimate of drug-likeness (QED) is 0.474. The van der Waals surface area contributed by atoms with Gasteiger partial charge in [-0.1, -0.05) is 29.5 Å². The van der Waals surface area contributed by atoms with Crippen LogP contribution in [0.3, 0.4) is 0 Å². The topological polar surface area (TPSA) is 78.3 Å². The van der Waals surface area contributed by atoms with Crippen LogP contribution in [-0.4, -0.2) is 33.9 Å². The second-order valence-electron chi connectivity index (χ2n) is 7.04. The number of alkyl halides is 3. The summed E-state index contributed by atoms with van der Waals surface area (Å²) in [5.41, 5.74) is -0.369. The average Bonchev–Trinajstić information content (AvgIpc) is 3.35. The molecular formula is C21H15F3N4O3S. The zero-order valence-electron chi connectivity index (χ0n) is 16.6. The molecule has 0 unspecified atom stereocenters. The molecule has 0 saturated carbocycles. The Bertz CT molecular complexity index is 1300. The zero-order valence-corrected chi connectivity index (χ0v) is 17.4. The summed E-state index contributed by atoms with van der Waals surface area (Å²) in [6.45, 7) is 2.51. The summed E-state index contributed by atoms with van der Waals surface area (Å²) in [5, 5.41) is 6.48. The highest BCUT2D eigenvalue weighted by Gasteiger charge is 2.41. The Hall–Kier alpha value is -3.60. The molecule has 2 aromatic heterocycles. The molecule has 0 radical (unpaired) electrons. The van der Waals surface area contributed by atoms with Gasteiger partial charge in [-0.05, 0) is 18.6 Å². The van der Waals surface area contributed by atoms with E-state index >= 15 is 0 Å². The van der Waals surface area contributed by atoms with Gasteiger partial charge in [-0.15, -0.1) is 0 Å². The fourth-order valence-electron chi connectivity index (χ4n) is 3.45. The minimum Gasteiger partial charge on any atom is -0.486 e. The summed E-state index contributed by atoms with van der Waals surface area (Å²) in [7, 11) is 0. The summed E-state index contributed by atoms with van der Waals surface area (Å²) < 4.78 is 54.2. The smallest absolute Gasteiger partial charge is 0.434 e. The van der Waals surface area contributed by atoms with Crippen LogP contribution in [0.2, 0.25) is 0 Å². The number of nitrogens with zero attached hydrogens (tertiary/aromatic N) is 3. The van der Waals surface area contributed by atoms with E-state index in [1.54, 1.807) is 37.3 Å². The van der Waals surface area contributed by atoms with E-state index in [0.29, 0.717) is 40.5 Å². The van der Waals surface area contributed by atoms with Crippen LogP contribution >= 0.6 is 11.3 Å². The lowest BCUT2D eigenvalue weighted by Crippen LogP contribution is -2.21. The van der Waals surface area contributed by atoms with E-state index in [0.717, 1.165) is 22.2 Å². The largest absolute Gasteiger partial charge is 0.486 e. The maximum Gasteiger partial charge on any atom is 0.434 e. The lowest BCUT2D eigenvalue weighted by molar-refractivity contribution is -0.143. The van der Waals surface area contributed by atoms with E-state index in [2.05, 4.69) is 15.4 Å². The van der Waals surface area contributed by atoms with Gasteiger partial charge in [0.25, 0.3) is 5.91 Å². The number of aromatic nitrogens is 3. The van der Waals surface area contributed by atoms with Crippen LogP contribution in [0.1, 0.15) is 21.6 Å². The van der Waals surface area contributed by atoms with Gasteiger partial charge in [-0.2, -0.15) is 18.3 Å². The fraction of sp³-hybridized carbons (Fsp3) is 0.190. The number of hydrogen-bond donors (Lipinski definition) is 1. The number of hydrogen-bond acceptors (Lipinski definition) is 6. The molecule has 0 spiro atoms. The van der Waals surface area contributed by atoms with Gasteiger partial charge >= 0.3 is 6.18 Å². The maximum absolute atomic E-state index is 13.9. The number of halogens is 3. The van der Waals surface area contributed by atoms with Crippen molar-refractivity contribution in [2.75, 3.05) is 18.5 Å². The number of fused-ring (bicyclic) bond motifs is 2. The van der Waals surface area contributed by atoms with Gasteiger partial charge in [0.2, 0.25) is 0 Å². The first-order valence-corrected chi connectivity index (χ1v) is 10.4. The Labute approximate surface area is 183 Å². The van der Waals surface area contributed by atoms with E-state index in [9.17, 15) is 18.0 Å². The molecule has 11 heteroatoms. The number of amides is 1. The summed E-state index contributed by atoms with van der Waals surface area (Å²) in [5.74, 6) is 0.142. The van der Waals surface area contributed by atoms with Gasteiger partial charge in [-0.3, -0.25) is 10.1 Å². The van der Waals surface area contributed by atoms with Crippen molar-refractivity contribution in [1.29, 1.82) is 0 Å². The van der Waals surface area contributed by atoms with Crippen LogP contribution in [-0.2, 0) is 6.18 Å². The molecule has 0 bridgehead atoms. The molecule has 164 valence electrons. The SMILES string of the molecule is Cc1ccccc1-n1ncc(C(=O)Nc2nc3cc4c(cc3s2)OCCO4)c1C(F)(F)F. The fourth-order valence-corrected chi connectivity index (χ4v) is 4.33. The van der Waals surface area contributed by atoms with Crippen LogP contribution in [0, 0.1) is 6.92 Å². The van der Waals surface area contributed by atoms with Crippen LogP contribution in [0.15, 0.2) is 42.6 Å². The average molecular weight is 460 g/mol. The third-order valence-corrected chi connectivity index (χ3v) is 5.83. The normalized spacial score (nSPS) is 13.4. The Balaban J connectivity index is 1.50. The van der Waals surface area contributed by atoms with Crippen molar-refractivity contribution in [1.82, 2.24) is 14.8 Å². The number of carbonyl (C=O) groups excluding carboxylic acids is 1.